The van der Waals surface area contributed by atoms with Gasteiger partial charge in [-0.05, 0) is 53.9 Å². The molecule has 0 aromatic heterocycles. The summed E-state index contributed by atoms with van der Waals surface area (Å²) < 4.78 is 11.1. The molecule has 0 saturated heterocycles. The third kappa shape index (κ3) is 5.70. The number of amides is 1. The molecule has 1 N–H and O–H groups in total. The maximum atomic E-state index is 11.9. The zero-order chi connectivity index (χ0) is 16.8. The topological polar surface area (TPSA) is 64.6 Å². The molecular weight excluding hydrogens is 386 g/mol. The molecule has 1 aliphatic carbocycles. The normalized spacial score (nSPS) is 16.0. The number of halogens is 2. The lowest BCUT2D eigenvalue weighted by molar-refractivity contribution is -0.156. The summed E-state index contributed by atoms with van der Waals surface area (Å²) in [4.78, 5) is 23.7. The van der Waals surface area contributed by atoms with Crippen molar-refractivity contribution in [2.75, 3.05) is 6.61 Å². The van der Waals surface area contributed by atoms with E-state index >= 15 is 0 Å². The van der Waals surface area contributed by atoms with Crippen molar-refractivity contribution < 1.29 is 19.1 Å². The Hall–Kier alpha value is -1.27. The molecule has 1 amide bonds. The summed E-state index contributed by atoms with van der Waals surface area (Å²) >= 11 is 9.13. The molecule has 5 nitrogen and oxygen atoms in total. The molecule has 0 spiro atoms. The molecule has 0 unspecified atom stereocenters. The van der Waals surface area contributed by atoms with Crippen molar-refractivity contribution in [1.29, 1.82) is 0 Å². The highest BCUT2D eigenvalue weighted by Crippen LogP contribution is 2.27. The van der Waals surface area contributed by atoms with E-state index < -0.39 is 12.1 Å². The largest absolute Gasteiger partial charge is 0.481 e. The van der Waals surface area contributed by atoms with Gasteiger partial charge in [0.1, 0.15) is 5.75 Å². The summed E-state index contributed by atoms with van der Waals surface area (Å²) in [7, 11) is 0. The third-order valence-corrected chi connectivity index (χ3v) is 4.47. The van der Waals surface area contributed by atoms with Crippen LogP contribution < -0.4 is 10.1 Å². The Balaban J connectivity index is 1.75. The van der Waals surface area contributed by atoms with Gasteiger partial charge in [-0.15, -0.1) is 0 Å². The van der Waals surface area contributed by atoms with Crippen LogP contribution in [0.25, 0.3) is 0 Å². The second kappa shape index (κ2) is 8.55. The Morgan fingerprint density at radius 3 is 2.74 bits per heavy atom. The summed E-state index contributed by atoms with van der Waals surface area (Å²) in [5.74, 6) is -0.381. The van der Waals surface area contributed by atoms with Crippen LogP contribution in [-0.2, 0) is 14.3 Å². The molecular formula is C16H19BrClNO4. The van der Waals surface area contributed by atoms with Crippen molar-refractivity contribution in [3.05, 3.63) is 27.7 Å². The fraction of sp³-hybridized carbons (Fsp3) is 0.500. The average molecular weight is 405 g/mol. The monoisotopic (exact) mass is 403 g/mol. The standard InChI is InChI=1S/C16H19BrClNO4/c1-10(16(21)19-12-4-2-3-5-12)23-15(20)9-22-14-7-6-11(18)8-13(14)17/h6-8,10,12H,2-5,9H2,1H3,(H,19,21)/t10-/m0/s1. The van der Waals surface area contributed by atoms with Crippen molar-refractivity contribution in [2.45, 2.75) is 44.8 Å². The van der Waals surface area contributed by atoms with Gasteiger partial charge in [-0.1, -0.05) is 24.4 Å². The van der Waals surface area contributed by atoms with Crippen LogP contribution in [0.4, 0.5) is 0 Å². The van der Waals surface area contributed by atoms with Gasteiger partial charge in [0, 0.05) is 11.1 Å². The van der Waals surface area contributed by atoms with Crippen LogP contribution in [0.3, 0.4) is 0 Å². The Morgan fingerprint density at radius 2 is 2.09 bits per heavy atom. The first-order chi connectivity index (χ1) is 11.0. The number of benzene rings is 1. The van der Waals surface area contributed by atoms with Crippen LogP contribution in [0.5, 0.6) is 5.75 Å². The second-order valence-electron chi connectivity index (χ2n) is 5.49. The van der Waals surface area contributed by atoms with Gasteiger partial charge in [-0.3, -0.25) is 4.79 Å². The van der Waals surface area contributed by atoms with Crippen molar-refractivity contribution in [1.82, 2.24) is 5.32 Å². The van der Waals surface area contributed by atoms with E-state index in [9.17, 15) is 9.59 Å². The highest BCUT2D eigenvalue weighted by molar-refractivity contribution is 9.10. The van der Waals surface area contributed by atoms with Crippen molar-refractivity contribution >= 4 is 39.4 Å². The molecule has 7 heteroatoms. The fourth-order valence-electron chi connectivity index (χ4n) is 2.40. The molecule has 1 saturated carbocycles. The predicted molar refractivity (Wildman–Crippen MR) is 90.6 cm³/mol. The summed E-state index contributed by atoms with van der Waals surface area (Å²) in [5, 5.41) is 3.45. The molecule has 0 aliphatic heterocycles. The first kappa shape index (κ1) is 18.1. The zero-order valence-corrected chi connectivity index (χ0v) is 15.2. The van der Waals surface area contributed by atoms with Crippen molar-refractivity contribution in [3.63, 3.8) is 0 Å². The summed E-state index contributed by atoms with van der Waals surface area (Å²) in [6.07, 6.45) is 3.40. The van der Waals surface area contributed by atoms with Gasteiger partial charge in [0.25, 0.3) is 5.91 Å². The van der Waals surface area contributed by atoms with Gasteiger partial charge in [0.05, 0.1) is 4.47 Å². The lowest BCUT2D eigenvalue weighted by Crippen LogP contribution is -2.41. The van der Waals surface area contributed by atoms with Crippen LogP contribution in [0.15, 0.2) is 22.7 Å². The lowest BCUT2D eigenvalue weighted by atomic mass is 10.2. The minimum absolute atomic E-state index is 0.199. The Kier molecular flexibility index (Phi) is 6.72. The maximum Gasteiger partial charge on any atom is 0.344 e. The van der Waals surface area contributed by atoms with Crippen LogP contribution >= 0.6 is 27.5 Å². The quantitative estimate of drug-likeness (QED) is 0.737. The molecule has 0 bridgehead atoms. The SMILES string of the molecule is C[C@H](OC(=O)COc1ccc(Cl)cc1Br)C(=O)NC1CCCC1. The molecule has 1 fully saturated rings. The number of carbonyl (C=O) groups excluding carboxylic acids is 2. The van der Waals surface area contributed by atoms with Gasteiger partial charge in [-0.25, -0.2) is 4.79 Å². The number of rotatable bonds is 6. The first-order valence-corrected chi connectivity index (χ1v) is 8.70. The van der Waals surface area contributed by atoms with E-state index in [1.54, 1.807) is 25.1 Å². The zero-order valence-electron chi connectivity index (χ0n) is 12.8. The molecule has 126 valence electrons. The number of hydrogen-bond donors (Lipinski definition) is 1. The number of carbonyl (C=O) groups is 2. The highest BCUT2D eigenvalue weighted by atomic mass is 79.9. The van der Waals surface area contributed by atoms with Gasteiger partial charge >= 0.3 is 5.97 Å². The van der Waals surface area contributed by atoms with E-state index in [0.717, 1.165) is 25.7 Å². The van der Waals surface area contributed by atoms with Crippen molar-refractivity contribution in [2.24, 2.45) is 0 Å². The molecule has 23 heavy (non-hydrogen) atoms. The van der Waals surface area contributed by atoms with Crippen LogP contribution in [-0.4, -0.2) is 30.6 Å². The summed E-state index contributed by atoms with van der Waals surface area (Å²) in [5.41, 5.74) is 0. The maximum absolute atomic E-state index is 11.9. The number of esters is 1. The third-order valence-electron chi connectivity index (χ3n) is 3.62. The van der Waals surface area contributed by atoms with E-state index in [4.69, 9.17) is 21.1 Å². The fourth-order valence-corrected chi connectivity index (χ4v) is 3.20. The van der Waals surface area contributed by atoms with E-state index in [1.165, 1.54) is 0 Å². The van der Waals surface area contributed by atoms with E-state index in [0.29, 0.717) is 15.2 Å². The van der Waals surface area contributed by atoms with Gasteiger partial charge in [-0.2, -0.15) is 0 Å². The summed E-state index contributed by atoms with van der Waals surface area (Å²) in [6, 6.07) is 5.17. The second-order valence-corrected chi connectivity index (χ2v) is 6.78. The van der Waals surface area contributed by atoms with Gasteiger partial charge in [0.15, 0.2) is 12.7 Å². The van der Waals surface area contributed by atoms with E-state index in [1.807, 2.05) is 0 Å². The lowest BCUT2D eigenvalue weighted by Gasteiger charge is -2.17. The Morgan fingerprint density at radius 1 is 1.39 bits per heavy atom. The van der Waals surface area contributed by atoms with Crippen LogP contribution in [0.2, 0.25) is 5.02 Å². The van der Waals surface area contributed by atoms with Crippen LogP contribution in [0, 0.1) is 0 Å². The Bertz CT molecular complexity index is 575. The molecule has 0 heterocycles. The number of nitrogens with one attached hydrogen (secondary N) is 1. The minimum atomic E-state index is -0.833. The van der Waals surface area contributed by atoms with E-state index in [-0.39, 0.29) is 18.6 Å². The van der Waals surface area contributed by atoms with Crippen molar-refractivity contribution in [3.8, 4) is 5.75 Å². The first-order valence-electron chi connectivity index (χ1n) is 7.53. The number of ether oxygens (including phenoxy) is 2. The van der Waals surface area contributed by atoms with Gasteiger partial charge < -0.3 is 14.8 Å². The molecule has 1 aromatic carbocycles. The highest BCUT2D eigenvalue weighted by Gasteiger charge is 2.23. The average Bonchev–Trinajstić information content (AvgIpc) is 2.99. The van der Waals surface area contributed by atoms with E-state index in [2.05, 4.69) is 21.2 Å². The Labute approximate surface area is 148 Å². The molecule has 1 aromatic rings. The molecule has 1 atom stereocenters. The number of hydrogen-bond acceptors (Lipinski definition) is 4. The predicted octanol–water partition coefficient (Wildman–Crippen LogP) is 3.47. The molecule has 0 radical (unpaired) electrons. The van der Waals surface area contributed by atoms with Crippen LogP contribution in [0.1, 0.15) is 32.6 Å². The molecule has 2 rings (SSSR count). The summed E-state index contributed by atoms with van der Waals surface area (Å²) in [6.45, 7) is 1.28. The van der Waals surface area contributed by atoms with Gasteiger partial charge in [0.2, 0.25) is 0 Å². The smallest absolute Gasteiger partial charge is 0.344 e. The minimum Gasteiger partial charge on any atom is -0.481 e. The molecule has 1 aliphatic rings.